The van der Waals surface area contributed by atoms with E-state index < -0.39 is 0 Å². The summed E-state index contributed by atoms with van der Waals surface area (Å²) in [6.45, 7) is 10.2. The number of ether oxygens (including phenoxy) is 1. The van der Waals surface area contributed by atoms with E-state index in [2.05, 4.69) is 13.8 Å². The fourth-order valence-electron chi connectivity index (χ4n) is 0.881. The third kappa shape index (κ3) is 53.5. The Labute approximate surface area is 106 Å². The number of unbranched alkanes of at least 4 members (excludes halogenated alkanes) is 4. The highest BCUT2D eigenvalue weighted by atomic mass is 35.5. The third-order valence-corrected chi connectivity index (χ3v) is 1.62. The zero-order valence-corrected chi connectivity index (χ0v) is 12.3. The second-order valence-corrected chi connectivity index (χ2v) is 3.75. The highest BCUT2D eigenvalue weighted by Gasteiger charge is 1.80. The van der Waals surface area contributed by atoms with E-state index in [0.717, 1.165) is 13.2 Å². The summed E-state index contributed by atoms with van der Waals surface area (Å²) in [5.41, 5.74) is 0. The third-order valence-electron chi connectivity index (χ3n) is 1.62. The molecule has 0 aromatic heterocycles. The zero-order chi connectivity index (χ0) is 12.4. The molecule has 0 aliphatic carbocycles. The van der Waals surface area contributed by atoms with Crippen molar-refractivity contribution in [2.45, 2.75) is 59.8 Å². The molecule has 0 N–H and O–H groups in total. The lowest BCUT2D eigenvalue weighted by molar-refractivity contribution is 0.162. The molecule has 1 nitrogen and oxygen atoms in total. The molecule has 0 aliphatic heterocycles. The Hall–Kier alpha value is 0.540. The monoisotopic (exact) mass is 258 g/mol. The lowest BCUT2D eigenvalue weighted by Crippen LogP contribution is -1.84. The van der Waals surface area contributed by atoms with Gasteiger partial charge >= 0.3 is 0 Å². The maximum absolute atomic E-state index is 4.83. The topological polar surface area (TPSA) is 9.23 Å². The van der Waals surface area contributed by atoms with E-state index in [1.54, 1.807) is 0 Å². The van der Waals surface area contributed by atoms with Crippen LogP contribution in [0.1, 0.15) is 59.8 Å². The second kappa shape index (κ2) is 29.3. The summed E-state index contributed by atoms with van der Waals surface area (Å²) in [6.07, 6.45) is 7.01. The van der Waals surface area contributed by atoms with Crippen LogP contribution in [0.4, 0.5) is 0 Å². The maximum Gasteiger partial charge on any atom is 0.0967 e. The van der Waals surface area contributed by atoms with Crippen LogP contribution in [0.15, 0.2) is 0 Å². The van der Waals surface area contributed by atoms with Gasteiger partial charge in [0.1, 0.15) is 0 Å². The molecule has 0 aromatic rings. The predicted octanol–water partition coefficient (Wildman–Crippen LogP) is 5.44. The molecule has 0 atom stereocenters. The van der Waals surface area contributed by atoms with Crippen molar-refractivity contribution in [3.8, 4) is 0 Å². The molecular weight excluding hydrogens is 231 g/mol. The first kappa shape index (κ1) is 20.9. The molecule has 0 aliphatic rings. The van der Waals surface area contributed by atoms with Crippen molar-refractivity contribution in [3.05, 3.63) is 0 Å². The van der Waals surface area contributed by atoms with E-state index in [4.69, 9.17) is 27.9 Å². The van der Waals surface area contributed by atoms with Crippen molar-refractivity contribution >= 4 is 23.2 Å². The molecule has 0 radical (unpaired) electrons. The van der Waals surface area contributed by atoms with Crippen LogP contribution in [0, 0.1) is 0 Å². The number of rotatable bonds is 6. The minimum Gasteiger partial charge on any atom is -0.382 e. The van der Waals surface area contributed by atoms with Gasteiger partial charge in [-0.2, -0.15) is 0 Å². The van der Waals surface area contributed by atoms with E-state index in [9.17, 15) is 0 Å². The molecule has 0 heterocycles. The van der Waals surface area contributed by atoms with E-state index in [0.29, 0.717) is 0 Å². The van der Waals surface area contributed by atoms with E-state index in [1.807, 2.05) is 13.8 Å². The summed E-state index contributed by atoms with van der Waals surface area (Å²) in [6, 6.07) is 0. The molecule has 0 saturated heterocycles. The summed E-state index contributed by atoms with van der Waals surface area (Å²) in [5, 5.41) is 0.194. The fraction of sp³-hybridized carbons (Fsp3) is 1.00. The van der Waals surface area contributed by atoms with Gasteiger partial charge in [-0.1, -0.05) is 46.0 Å². The molecule has 0 rings (SSSR count). The Morgan fingerprint density at radius 3 is 1.20 bits per heavy atom. The highest BCUT2D eigenvalue weighted by Crippen LogP contribution is 2.00. The standard InChI is InChI=1S/C7H16.C4H10O.CH2Cl2/c1-3-5-7-6-4-2;1-3-5-4-2;2-1-3/h3-7H2,1-2H3;3-4H2,1-2H3;1H2. The molecule has 96 valence electrons. The average molecular weight is 259 g/mol. The Kier molecular flexibility index (Phi) is 40.8. The molecule has 0 spiro atoms. The quantitative estimate of drug-likeness (QED) is 0.455. The Bertz CT molecular complexity index is 64.6. The zero-order valence-electron chi connectivity index (χ0n) is 10.8. The second-order valence-electron chi connectivity index (χ2n) is 2.94. The maximum atomic E-state index is 4.83. The van der Waals surface area contributed by atoms with Gasteiger partial charge in [0.15, 0.2) is 0 Å². The lowest BCUT2D eigenvalue weighted by atomic mass is 10.2. The van der Waals surface area contributed by atoms with Crippen molar-refractivity contribution in [2.24, 2.45) is 0 Å². The first-order valence-corrected chi connectivity index (χ1v) is 7.01. The number of hydrogen-bond acceptors (Lipinski definition) is 1. The smallest absolute Gasteiger partial charge is 0.0967 e. The minimum absolute atomic E-state index is 0.194. The van der Waals surface area contributed by atoms with Gasteiger partial charge in [-0.15, -0.1) is 23.2 Å². The number of alkyl halides is 2. The van der Waals surface area contributed by atoms with Crippen molar-refractivity contribution in [2.75, 3.05) is 18.6 Å². The van der Waals surface area contributed by atoms with Gasteiger partial charge in [-0.05, 0) is 13.8 Å². The van der Waals surface area contributed by atoms with Crippen LogP contribution in [0.3, 0.4) is 0 Å². The van der Waals surface area contributed by atoms with Crippen LogP contribution >= 0.6 is 23.2 Å². The molecular formula is C12H28Cl2O. The average Bonchev–Trinajstić information content (AvgIpc) is 2.22. The molecule has 15 heavy (non-hydrogen) atoms. The lowest BCUT2D eigenvalue weighted by Gasteiger charge is -1.90. The fourth-order valence-corrected chi connectivity index (χ4v) is 0.881. The Morgan fingerprint density at radius 2 is 1.07 bits per heavy atom. The Morgan fingerprint density at radius 1 is 0.733 bits per heavy atom. The van der Waals surface area contributed by atoms with Crippen LogP contribution in [-0.4, -0.2) is 18.6 Å². The van der Waals surface area contributed by atoms with Crippen molar-refractivity contribution in [1.29, 1.82) is 0 Å². The molecule has 0 saturated carbocycles. The van der Waals surface area contributed by atoms with E-state index in [-0.39, 0.29) is 5.34 Å². The van der Waals surface area contributed by atoms with Gasteiger partial charge < -0.3 is 4.74 Å². The van der Waals surface area contributed by atoms with Crippen LogP contribution in [-0.2, 0) is 4.74 Å². The summed E-state index contributed by atoms with van der Waals surface area (Å²) >= 11 is 9.53. The molecule has 0 bridgehead atoms. The van der Waals surface area contributed by atoms with Gasteiger partial charge in [0, 0.05) is 13.2 Å². The van der Waals surface area contributed by atoms with Crippen molar-refractivity contribution in [3.63, 3.8) is 0 Å². The summed E-state index contributed by atoms with van der Waals surface area (Å²) < 4.78 is 4.83. The van der Waals surface area contributed by atoms with E-state index >= 15 is 0 Å². The number of halogens is 2. The minimum atomic E-state index is 0.194. The SMILES string of the molecule is CCCCCCC.CCOCC.ClCCl. The molecule has 0 fully saturated rings. The molecule has 0 unspecified atom stereocenters. The summed E-state index contributed by atoms with van der Waals surface area (Å²) in [4.78, 5) is 0. The Balaban J connectivity index is -0.000000158. The first-order valence-electron chi connectivity index (χ1n) is 5.94. The van der Waals surface area contributed by atoms with Gasteiger partial charge in [0.25, 0.3) is 0 Å². The van der Waals surface area contributed by atoms with Gasteiger partial charge in [-0.25, -0.2) is 0 Å². The summed E-state index contributed by atoms with van der Waals surface area (Å²) in [7, 11) is 0. The predicted molar refractivity (Wildman–Crippen MR) is 73.2 cm³/mol. The van der Waals surface area contributed by atoms with Gasteiger partial charge in [-0.3, -0.25) is 0 Å². The van der Waals surface area contributed by atoms with Crippen LogP contribution in [0.5, 0.6) is 0 Å². The van der Waals surface area contributed by atoms with Crippen molar-refractivity contribution < 1.29 is 4.74 Å². The van der Waals surface area contributed by atoms with Crippen LogP contribution in [0.2, 0.25) is 0 Å². The van der Waals surface area contributed by atoms with Gasteiger partial charge in [0.2, 0.25) is 0 Å². The van der Waals surface area contributed by atoms with Gasteiger partial charge in [0.05, 0.1) is 5.34 Å². The highest BCUT2D eigenvalue weighted by molar-refractivity contribution is 6.40. The molecule has 3 heteroatoms. The molecule has 0 aromatic carbocycles. The van der Waals surface area contributed by atoms with Crippen molar-refractivity contribution in [1.82, 2.24) is 0 Å². The van der Waals surface area contributed by atoms with E-state index in [1.165, 1.54) is 32.1 Å². The van der Waals surface area contributed by atoms with Crippen LogP contribution < -0.4 is 0 Å². The first-order chi connectivity index (χ1) is 7.24. The van der Waals surface area contributed by atoms with Crippen LogP contribution in [0.25, 0.3) is 0 Å². The largest absolute Gasteiger partial charge is 0.382 e. The number of hydrogen-bond donors (Lipinski definition) is 0. The summed E-state index contributed by atoms with van der Waals surface area (Å²) in [5.74, 6) is 0. The normalized spacial score (nSPS) is 8.40. The molecule has 0 amide bonds.